The largest absolute Gasteiger partial charge is 0.321 e. The van der Waals surface area contributed by atoms with Crippen LogP contribution in [0.3, 0.4) is 0 Å². The lowest BCUT2D eigenvalue weighted by Gasteiger charge is -2.17. The van der Waals surface area contributed by atoms with Crippen LogP contribution in [0.4, 0.5) is 17.3 Å². The van der Waals surface area contributed by atoms with Gasteiger partial charge in [0.1, 0.15) is 5.69 Å². The van der Waals surface area contributed by atoms with Gasteiger partial charge in [0.05, 0.1) is 11.6 Å². The van der Waals surface area contributed by atoms with Gasteiger partial charge in [-0.05, 0) is 48.4 Å². The summed E-state index contributed by atoms with van der Waals surface area (Å²) >= 11 is 0. The number of amides is 1. The number of hydrogen-bond acceptors (Lipinski definition) is 5. The molecule has 26 heavy (non-hydrogen) atoms. The van der Waals surface area contributed by atoms with Crippen LogP contribution in [-0.2, 0) is 6.42 Å². The molecule has 0 bridgehead atoms. The van der Waals surface area contributed by atoms with Gasteiger partial charge < -0.3 is 10.2 Å². The van der Waals surface area contributed by atoms with E-state index < -0.39 is 0 Å². The number of para-hydroxylation sites is 1. The first-order valence-electron chi connectivity index (χ1n) is 8.24. The van der Waals surface area contributed by atoms with Crippen LogP contribution in [0.1, 0.15) is 21.6 Å². The van der Waals surface area contributed by atoms with Gasteiger partial charge in [0.2, 0.25) is 5.95 Å². The van der Waals surface area contributed by atoms with Crippen molar-refractivity contribution in [2.24, 2.45) is 0 Å². The van der Waals surface area contributed by atoms with Crippen LogP contribution in [0, 0.1) is 11.3 Å². The van der Waals surface area contributed by atoms with Crippen LogP contribution in [0.15, 0.2) is 60.8 Å². The van der Waals surface area contributed by atoms with Crippen molar-refractivity contribution >= 4 is 23.2 Å². The number of nitriles is 1. The van der Waals surface area contributed by atoms with Gasteiger partial charge in [0.15, 0.2) is 0 Å². The van der Waals surface area contributed by atoms with Crippen LogP contribution < -0.4 is 10.2 Å². The van der Waals surface area contributed by atoms with E-state index in [2.05, 4.69) is 21.4 Å². The molecule has 0 saturated carbocycles. The van der Waals surface area contributed by atoms with Gasteiger partial charge in [0.25, 0.3) is 5.91 Å². The Hall–Kier alpha value is -3.72. The Morgan fingerprint density at radius 1 is 1.12 bits per heavy atom. The first-order chi connectivity index (χ1) is 12.7. The molecule has 3 aromatic rings. The Labute approximate surface area is 150 Å². The quantitative estimate of drug-likeness (QED) is 0.790. The number of carbonyl (C=O) groups excluding carboxylic acids is 1. The molecule has 0 atom stereocenters. The third-order valence-corrected chi connectivity index (χ3v) is 4.28. The highest BCUT2D eigenvalue weighted by Crippen LogP contribution is 2.32. The lowest BCUT2D eigenvalue weighted by Crippen LogP contribution is -2.20. The van der Waals surface area contributed by atoms with Crippen molar-refractivity contribution < 1.29 is 4.79 Å². The molecule has 126 valence electrons. The summed E-state index contributed by atoms with van der Waals surface area (Å²) in [5.74, 6) is 0.202. The maximum absolute atomic E-state index is 12.5. The molecule has 1 amide bonds. The van der Waals surface area contributed by atoms with Gasteiger partial charge in [-0.1, -0.05) is 18.2 Å². The molecule has 2 heterocycles. The van der Waals surface area contributed by atoms with Crippen LogP contribution >= 0.6 is 0 Å². The molecule has 6 heteroatoms. The van der Waals surface area contributed by atoms with Crippen molar-refractivity contribution in [1.82, 2.24) is 9.97 Å². The zero-order valence-electron chi connectivity index (χ0n) is 13.9. The zero-order valence-corrected chi connectivity index (χ0v) is 13.9. The van der Waals surface area contributed by atoms with E-state index in [-0.39, 0.29) is 5.91 Å². The molecule has 4 rings (SSSR count). The molecule has 2 aromatic carbocycles. The predicted molar refractivity (Wildman–Crippen MR) is 98.3 cm³/mol. The molecule has 0 aliphatic carbocycles. The number of anilines is 3. The Morgan fingerprint density at radius 2 is 1.92 bits per heavy atom. The maximum atomic E-state index is 12.5. The van der Waals surface area contributed by atoms with Gasteiger partial charge in [0, 0.05) is 24.1 Å². The van der Waals surface area contributed by atoms with E-state index in [9.17, 15) is 4.79 Å². The predicted octanol–water partition coefficient (Wildman–Crippen LogP) is 3.29. The minimum absolute atomic E-state index is 0.295. The van der Waals surface area contributed by atoms with Gasteiger partial charge in [-0.2, -0.15) is 5.26 Å². The SMILES string of the molecule is N#Cc1ccc(NC(=O)c2ccnc(N3CCc4ccccc43)n2)cc1. The Balaban J connectivity index is 1.56. The number of nitrogens with one attached hydrogen (secondary N) is 1. The van der Waals surface area contributed by atoms with Crippen LogP contribution in [0.5, 0.6) is 0 Å². The monoisotopic (exact) mass is 341 g/mol. The van der Waals surface area contributed by atoms with Crippen LogP contribution in [0.25, 0.3) is 0 Å². The van der Waals surface area contributed by atoms with Gasteiger partial charge in [-0.15, -0.1) is 0 Å². The highest BCUT2D eigenvalue weighted by Gasteiger charge is 2.22. The number of nitrogens with zero attached hydrogens (tertiary/aromatic N) is 4. The lowest BCUT2D eigenvalue weighted by atomic mass is 10.2. The van der Waals surface area contributed by atoms with E-state index in [4.69, 9.17) is 5.26 Å². The summed E-state index contributed by atoms with van der Waals surface area (Å²) in [5, 5.41) is 11.6. The van der Waals surface area contributed by atoms with E-state index in [0.29, 0.717) is 22.9 Å². The highest BCUT2D eigenvalue weighted by atomic mass is 16.1. The minimum Gasteiger partial charge on any atom is -0.321 e. The number of rotatable bonds is 3. The molecule has 0 radical (unpaired) electrons. The summed E-state index contributed by atoms with van der Waals surface area (Å²) in [6, 6.07) is 18.5. The fraction of sp³-hybridized carbons (Fsp3) is 0.100. The molecule has 1 aliphatic rings. The Bertz CT molecular complexity index is 1010. The number of benzene rings is 2. The molecule has 0 spiro atoms. The molecule has 1 aromatic heterocycles. The van der Waals surface area contributed by atoms with E-state index in [1.54, 1.807) is 36.5 Å². The number of fused-ring (bicyclic) bond motifs is 1. The van der Waals surface area contributed by atoms with E-state index in [0.717, 1.165) is 18.7 Å². The lowest BCUT2D eigenvalue weighted by molar-refractivity contribution is 0.102. The Morgan fingerprint density at radius 3 is 2.73 bits per heavy atom. The number of carbonyl (C=O) groups is 1. The van der Waals surface area contributed by atoms with Crippen LogP contribution in [0.2, 0.25) is 0 Å². The van der Waals surface area contributed by atoms with Gasteiger partial charge in [-0.25, -0.2) is 9.97 Å². The molecule has 0 fully saturated rings. The first kappa shape index (κ1) is 15.8. The summed E-state index contributed by atoms with van der Waals surface area (Å²) in [7, 11) is 0. The summed E-state index contributed by atoms with van der Waals surface area (Å²) in [4.78, 5) is 23.3. The smallest absolute Gasteiger partial charge is 0.274 e. The van der Waals surface area contributed by atoms with Crippen molar-refractivity contribution in [3.63, 3.8) is 0 Å². The fourth-order valence-electron chi connectivity index (χ4n) is 2.97. The fourth-order valence-corrected chi connectivity index (χ4v) is 2.97. The van der Waals surface area contributed by atoms with Crippen molar-refractivity contribution in [2.45, 2.75) is 6.42 Å². The van der Waals surface area contributed by atoms with Gasteiger partial charge in [-0.3, -0.25) is 4.79 Å². The summed E-state index contributed by atoms with van der Waals surface area (Å²) in [6.45, 7) is 0.792. The average molecular weight is 341 g/mol. The van der Waals surface area contributed by atoms with Crippen molar-refractivity contribution in [2.75, 3.05) is 16.8 Å². The van der Waals surface area contributed by atoms with E-state index in [1.807, 2.05) is 29.2 Å². The molecule has 6 nitrogen and oxygen atoms in total. The Kier molecular flexibility index (Phi) is 4.04. The second kappa shape index (κ2) is 6.65. The molecular weight excluding hydrogens is 326 g/mol. The van der Waals surface area contributed by atoms with Crippen molar-refractivity contribution in [1.29, 1.82) is 5.26 Å². The first-order valence-corrected chi connectivity index (χ1v) is 8.24. The highest BCUT2D eigenvalue weighted by molar-refractivity contribution is 6.03. The van der Waals surface area contributed by atoms with Crippen LogP contribution in [-0.4, -0.2) is 22.4 Å². The molecule has 1 aliphatic heterocycles. The van der Waals surface area contributed by atoms with Gasteiger partial charge >= 0.3 is 0 Å². The second-order valence-corrected chi connectivity index (χ2v) is 5.92. The topological polar surface area (TPSA) is 81.9 Å². The average Bonchev–Trinajstić information content (AvgIpc) is 3.13. The maximum Gasteiger partial charge on any atom is 0.274 e. The second-order valence-electron chi connectivity index (χ2n) is 5.92. The van der Waals surface area contributed by atoms with E-state index >= 15 is 0 Å². The summed E-state index contributed by atoms with van der Waals surface area (Å²) in [5.41, 5.74) is 3.78. The third-order valence-electron chi connectivity index (χ3n) is 4.28. The summed E-state index contributed by atoms with van der Waals surface area (Å²) < 4.78 is 0. The van der Waals surface area contributed by atoms with E-state index in [1.165, 1.54) is 5.56 Å². The molecule has 0 unspecified atom stereocenters. The molecular formula is C20H15N5O. The number of aromatic nitrogens is 2. The normalized spacial score (nSPS) is 12.3. The standard InChI is InChI=1S/C20H15N5O/c21-13-14-5-7-16(8-6-14)23-19(26)17-9-11-22-20(24-17)25-12-10-15-3-1-2-4-18(15)25/h1-9,11H,10,12H2,(H,23,26). The number of hydrogen-bond donors (Lipinski definition) is 1. The third kappa shape index (κ3) is 2.98. The molecule has 1 N–H and O–H groups in total. The van der Waals surface area contributed by atoms with Crippen molar-refractivity contribution in [3.8, 4) is 6.07 Å². The molecule has 0 saturated heterocycles. The van der Waals surface area contributed by atoms with Crippen molar-refractivity contribution in [3.05, 3.63) is 77.6 Å². The zero-order chi connectivity index (χ0) is 17.9. The minimum atomic E-state index is -0.314. The summed E-state index contributed by atoms with van der Waals surface area (Å²) in [6.07, 6.45) is 2.53.